The zero-order chi connectivity index (χ0) is 36.7. The Morgan fingerprint density at radius 3 is 1.38 bits per heavy atom. The van der Waals surface area contributed by atoms with Gasteiger partial charge in [0.2, 0.25) is 5.95 Å². The topological polar surface area (TPSA) is 48.5 Å². The quantitative estimate of drug-likeness (QED) is 0.171. The lowest BCUT2D eigenvalue weighted by Gasteiger charge is -2.14. The van der Waals surface area contributed by atoms with Gasteiger partial charge in [-0.25, -0.2) is 4.98 Å². The largest absolute Gasteiger partial charge is 0.309 e. The Balaban J connectivity index is 1.20. The van der Waals surface area contributed by atoms with Gasteiger partial charge in [-0.1, -0.05) is 158 Å². The highest BCUT2D eigenvalue weighted by atomic mass is 15.2. The molecule has 0 saturated carbocycles. The molecular weight excluding hydrogens is 683 g/mol. The fraction of sp³-hybridized carbons (Fsp3) is 0. The Morgan fingerprint density at radius 2 is 0.768 bits per heavy atom. The van der Waals surface area contributed by atoms with E-state index in [4.69, 9.17) is 15.0 Å². The summed E-state index contributed by atoms with van der Waals surface area (Å²) in [5, 5.41) is 12.3. The van der Waals surface area contributed by atoms with Crippen LogP contribution >= 0.6 is 0 Å². The summed E-state index contributed by atoms with van der Waals surface area (Å²) in [4.78, 5) is 15.4. The number of rotatable bonds is 4. The summed E-state index contributed by atoms with van der Waals surface area (Å²) in [6.45, 7) is 0. The summed E-state index contributed by atoms with van der Waals surface area (Å²) in [6, 6.07) is 66.8. The van der Waals surface area contributed by atoms with Gasteiger partial charge in [0.25, 0.3) is 0 Å². The van der Waals surface area contributed by atoms with Crippen LogP contribution in [0.1, 0.15) is 0 Å². The van der Waals surface area contributed by atoms with Crippen molar-refractivity contribution in [2.24, 2.45) is 0 Å². The van der Waals surface area contributed by atoms with Crippen LogP contribution in [0.3, 0.4) is 0 Å². The van der Waals surface area contributed by atoms with Gasteiger partial charge in [0.05, 0.1) is 22.1 Å². The van der Waals surface area contributed by atoms with Gasteiger partial charge in [0, 0.05) is 38.4 Å². The van der Waals surface area contributed by atoms with Crippen molar-refractivity contribution in [3.63, 3.8) is 0 Å². The van der Waals surface area contributed by atoms with Crippen molar-refractivity contribution in [3.05, 3.63) is 188 Å². The average molecular weight is 714 g/mol. The molecular formula is C51H31N5. The highest BCUT2D eigenvalue weighted by molar-refractivity contribution is 6.28. The average Bonchev–Trinajstić information content (AvgIpc) is 3.80. The second kappa shape index (κ2) is 11.9. The number of hydrogen-bond acceptors (Lipinski definition) is 3. The number of nitrogens with zero attached hydrogens (tertiary/aromatic N) is 5. The van der Waals surface area contributed by atoms with Gasteiger partial charge < -0.3 is 4.57 Å². The van der Waals surface area contributed by atoms with Gasteiger partial charge >= 0.3 is 0 Å². The van der Waals surface area contributed by atoms with Crippen LogP contribution in [0.2, 0.25) is 0 Å². The SMILES string of the molecule is c1ccc(-c2nc(-c3ccccc3)nc(-n3c4ccccc4c4c3ccc3c5ccccc5n(-c5ccc6c7ccccc7c7ccccc7c6c5)c34)n2)cc1. The summed E-state index contributed by atoms with van der Waals surface area (Å²) in [6.07, 6.45) is 0. The van der Waals surface area contributed by atoms with Crippen molar-refractivity contribution in [3.8, 4) is 34.4 Å². The van der Waals surface area contributed by atoms with Crippen molar-refractivity contribution in [1.82, 2.24) is 24.1 Å². The van der Waals surface area contributed by atoms with Crippen LogP contribution in [0.15, 0.2) is 188 Å². The van der Waals surface area contributed by atoms with Crippen LogP contribution in [0.5, 0.6) is 0 Å². The second-order valence-electron chi connectivity index (χ2n) is 14.4. The Labute approximate surface area is 321 Å². The monoisotopic (exact) mass is 713 g/mol. The fourth-order valence-corrected chi connectivity index (χ4v) is 8.92. The molecule has 3 aromatic heterocycles. The predicted octanol–water partition coefficient (Wildman–Crippen LogP) is 12.9. The van der Waals surface area contributed by atoms with E-state index in [-0.39, 0.29) is 0 Å². The molecule has 0 radical (unpaired) electrons. The van der Waals surface area contributed by atoms with Gasteiger partial charge in [0.15, 0.2) is 11.6 Å². The van der Waals surface area contributed by atoms with Gasteiger partial charge in [-0.05, 0) is 62.6 Å². The lowest BCUT2D eigenvalue weighted by Crippen LogP contribution is -2.06. The Morgan fingerprint density at radius 1 is 0.304 bits per heavy atom. The molecule has 0 aliphatic heterocycles. The summed E-state index contributed by atoms with van der Waals surface area (Å²) in [5.41, 5.74) is 7.38. The normalized spacial score (nSPS) is 11.9. The van der Waals surface area contributed by atoms with Crippen molar-refractivity contribution in [1.29, 1.82) is 0 Å². The molecule has 0 amide bonds. The molecule has 12 rings (SSSR count). The fourth-order valence-electron chi connectivity index (χ4n) is 8.92. The first-order chi connectivity index (χ1) is 27.8. The maximum Gasteiger partial charge on any atom is 0.238 e. The number of aromatic nitrogens is 5. The molecule has 0 atom stereocenters. The van der Waals surface area contributed by atoms with E-state index in [1.165, 1.54) is 43.1 Å². The molecule has 12 aromatic rings. The first kappa shape index (κ1) is 30.8. The standard InChI is InChI=1S/C51H31N5/c1-3-15-32(16-4-1)49-52-50(33-17-5-2-6-18-33)54-51(53-49)56-45-26-14-12-24-42(45)47-46(56)30-29-41-40-23-11-13-25-44(40)55(48(41)47)34-27-28-39-37-21-8-7-19-35(37)36-20-9-10-22-38(36)43(39)31-34/h1-31H. The molecule has 9 aromatic carbocycles. The molecule has 0 fully saturated rings. The van der Waals surface area contributed by atoms with Crippen LogP contribution in [0.4, 0.5) is 0 Å². The summed E-state index contributed by atoms with van der Waals surface area (Å²) >= 11 is 0. The number of para-hydroxylation sites is 2. The van der Waals surface area contributed by atoms with Crippen molar-refractivity contribution in [2.75, 3.05) is 0 Å². The van der Waals surface area contributed by atoms with E-state index in [2.05, 4.69) is 161 Å². The highest BCUT2D eigenvalue weighted by Gasteiger charge is 2.23. The van der Waals surface area contributed by atoms with Gasteiger partial charge in [-0.15, -0.1) is 0 Å². The van der Waals surface area contributed by atoms with Crippen LogP contribution in [0.25, 0.3) is 110 Å². The smallest absolute Gasteiger partial charge is 0.238 e. The molecule has 0 aliphatic rings. The van der Waals surface area contributed by atoms with Gasteiger partial charge in [-0.3, -0.25) is 4.57 Å². The molecule has 0 saturated heterocycles. The minimum Gasteiger partial charge on any atom is -0.309 e. The van der Waals surface area contributed by atoms with Crippen LogP contribution in [-0.2, 0) is 0 Å². The number of fused-ring (bicyclic) bond motifs is 13. The minimum atomic E-state index is 0.579. The lowest BCUT2D eigenvalue weighted by atomic mass is 9.94. The molecule has 0 N–H and O–H groups in total. The van der Waals surface area contributed by atoms with Gasteiger partial charge in [0.1, 0.15) is 0 Å². The summed E-state index contributed by atoms with van der Waals surface area (Å²) in [7, 11) is 0. The van der Waals surface area contributed by atoms with Crippen LogP contribution in [0, 0.1) is 0 Å². The van der Waals surface area contributed by atoms with Crippen LogP contribution in [-0.4, -0.2) is 24.1 Å². The third-order valence-electron chi connectivity index (χ3n) is 11.3. The zero-order valence-corrected chi connectivity index (χ0v) is 30.1. The molecule has 5 heteroatoms. The number of hydrogen-bond donors (Lipinski definition) is 0. The van der Waals surface area contributed by atoms with E-state index in [1.807, 2.05) is 36.4 Å². The third-order valence-corrected chi connectivity index (χ3v) is 11.3. The van der Waals surface area contributed by atoms with E-state index < -0.39 is 0 Å². The number of benzene rings is 9. The highest BCUT2D eigenvalue weighted by Crippen LogP contribution is 2.43. The lowest BCUT2D eigenvalue weighted by molar-refractivity contribution is 0.953. The second-order valence-corrected chi connectivity index (χ2v) is 14.4. The van der Waals surface area contributed by atoms with E-state index in [1.54, 1.807) is 0 Å². The van der Waals surface area contributed by atoms with Crippen LogP contribution < -0.4 is 0 Å². The van der Waals surface area contributed by atoms with E-state index in [0.29, 0.717) is 17.6 Å². The molecule has 260 valence electrons. The molecule has 0 unspecified atom stereocenters. The van der Waals surface area contributed by atoms with Crippen molar-refractivity contribution < 1.29 is 0 Å². The van der Waals surface area contributed by atoms with Gasteiger partial charge in [-0.2, -0.15) is 9.97 Å². The zero-order valence-electron chi connectivity index (χ0n) is 30.1. The molecule has 56 heavy (non-hydrogen) atoms. The third kappa shape index (κ3) is 4.46. The summed E-state index contributed by atoms with van der Waals surface area (Å²) < 4.78 is 4.68. The molecule has 5 nitrogen and oxygen atoms in total. The molecule has 0 spiro atoms. The van der Waals surface area contributed by atoms with Crippen molar-refractivity contribution >= 4 is 75.9 Å². The molecule has 0 aliphatic carbocycles. The first-order valence-electron chi connectivity index (χ1n) is 19.0. The van der Waals surface area contributed by atoms with Crippen molar-refractivity contribution in [2.45, 2.75) is 0 Å². The minimum absolute atomic E-state index is 0.579. The Hall–Kier alpha value is -7.63. The molecule has 0 bridgehead atoms. The molecule has 3 heterocycles. The first-order valence-corrected chi connectivity index (χ1v) is 19.0. The van der Waals surface area contributed by atoms with E-state index in [9.17, 15) is 0 Å². The van der Waals surface area contributed by atoms with E-state index in [0.717, 1.165) is 49.7 Å². The summed E-state index contributed by atoms with van der Waals surface area (Å²) in [5.74, 6) is 1.84. The maximum absolute atomic E-state index is 5.20. The Kier molecular flexibility index (Phi) is 6.56. The maximum atomic E-state index is 5.20. The van der Waals surface area contributed by atoms with E-state index >= 15 is 0 Å². The Bertz CT molecular complexity index is 3430. The predicted molar refractivity (Wildman–Crippen MR) is 232 cm³/mol.